The topological polar surface area (TPSA) is 40.5 Å². The van der Waals surface area contributed by atoms with E-state index in [0.717, 1.165) is 6.42 Å². The molecule has 5 rings (SSSR count). The minimum Gasteiger partial charge on any atom is -0.508 e. The van der Waals surface area contributed by atoms with Crippen LogP contribution in [0.1, 0.15) is 51.2 Å². The van der Waals surface area contributed by atoms with Gasteiger partial charge < -0.3 is 10.2 Å². The summed E-state index contributed by atoms with van der Waals surface area (Å²) < 4.78 is 0. The summed E-state index contributed by atoms with van der Waals surface area (Å²) in [5.74, 6) is 0.374. The fraction of sp³-hybridized carbons (Fsp3) is 0.273. The summed E-state index contributed by atoms with van der Waals surface area (Å²) in [6, 6.07) is 12.9. The van der Waals surface area contributed by atoms with Crippen LogP contribution in [0.5, 0.6) is 11.5 Å². The molecular formula is C33H26Cl8O2. The maximum absolute atomic E-state index is 9.82. The van der Waals surface area contributed by atoms with Crippen LogP contribution in [0.2, 0.25) is 40.2 Å². The Balaban J connectivity index is 1.87. The van der Waals surface area contributed by atoms with Gasteiger partial charge in [-0.3, -0.25) is 0 Å². The van der Waals surface area contributed by atoms with Crippen molar-refractivity contribution in [3.8, 4) is 33.8 Å². The zero-order chi connectivity index (χ0) is 31.6. The number of benzene rings is 4. The first kappa shape index (κ1) is 33.2. The zero-order valence-corrected chi connectivity index (χ0v) is 29.3. The van der Waals surface area contributed by atoms with Gasteiger partial charge in [-0.1, -0.05) is 138 Å². The normalized spacial score (nSPS) is 17.7. The standard InChI is InChI=1S/C33H26Cl8O2/c1-15-12-32(2,3)14-33(13-15,22-28(38)24(34)20(25(35)29(22)39)16-4-8-18(42)9-5-16)23-30(40)26(36)21(27(37)31(23)41)17-6-10-19(43)11-7-17/h4-11,15,42-43H,12-14H2,1-3H3. The molecule has 1 saturated carbocycles. The van der Waals surface area contributed by atoms with Crippen molar-refractivity contribution in [3.05, 3.63) is 99.8 Å². The van der Waals surface area contributed by atoms with Gasteiger partial charge in [0, 0.05) is 27.7 Å². The molecule has 2 nitrogen and oxygen atoms in total. The molecular weight excluding hydrogens is 712 g/mol. The molecule has 0 amide bonds. The van der Waals surface area contributed by atoms with Crippen molar-refractivity contribution in [2.24, 2.45) is 11.3 Å². The van der Waals surface area contributed by atoms with E-state index in [0.29, 0.717) is 46.2 Å². The van der Waals surface area contributed by atoms with Gasteiger partial charge in [-0.05, 0) is 66.0 Å². The molecule has 1 fully saturated rings. The summed E-state index contributed by atoms with van der Waals surface area (Å²) in [6.07, 6.45) is 2.03. The molecule has 4 aromatic carbocycles. The molecule has 0 heterocycles. The summed E-state index contributed by atoms with van der Waals surface area (Å²) in [5.41, 5.74) is 1.96. The van der Waals surface area contributed by atoms with Gasteiger partial charge in [-0.2, -0.15) is 0 Å². The van der Waals surface area contributed by atoms with Crippen molar-refractivity contribution in [3.63, 3.8) is 0 Å². The maximum atomic E-state index is 9.82. The fourth-order valence-corrected chi connectivity index (χ4v) is 9.81. The molecule has 1 aliphatic rings. The molecule has 1 aliphatic carbocycles. The third kappa shape index (κ3) is 5.81. The SMILES string of the molecule is CC1CC(C)(C)CC(c2c(Cl)c(Cl)c(-c3ccc(O)cc3)c(Cl)c2Cl)(c2c(Cl)c(Cl)c(-c3ccc(O)cc3)c(Cl)c2Cl)C1. The highest BCUT2D eigenvalue weighted by molar-refractivity contribution is 6.52. The van der Waals surface area contributed by atoms with Crippen LogP contribution in [-0.2, 0) is 5.41 Å². The lowest BCUT2D eigenvalue weighted by molar-refractivity contribution is 0.127. The highest BCUT2D eigenvalue weighted by atomic mass is 35.5. The van der Waals surface area contributed by atoms with Gasteiger partial charge in [0.2, 0.25) is 0 Å². The smallest absolute Gasteiger partial charge is 0.115 e. The Morgan fingerprint density at radius 3 is 1.16 bits per heavy atom. The second-order valence-corrected chi connectivity index (χ2v) is 15.1. The lowest BCUT2D eigenvalue weighted by atomic mass is 9.55. The third-order valence-electron chi connectivity index (χ3n) is 8.17. The maximum Gasteiger partial charge on any atom is 0.115 e. The van der Waals surface area contributed by atoms with E-state index in [-0.39, 0.29) is 63.0 Å². The van der Waals surface area contributed by atoms with Crippen molar-refractivity contribution in [2.45, 2.75) is 45.4 Å². The number of aromatic hydroxyl groups is 2. The van der Waals surface area contributed by atoms with Gasteiger partial charge in [-0.15, -0.1) is 0 Å². The average Bonchev–Trinajstić information content (AvgIpc) is 2.92. The molecule has 2 N–H and O–H groups in total. The summed E-state index contributed by atoms with van der Waals surface area (Å²) in [7, 11) is 0. The third-order valence-corrected chi connectivity index (χ3v) is 11.6. The molecule has 0 aliphatic heterocycles. The van der Waals surface area contributed by atoms with Crippen molar-refractivity contribution in [1.29, 1.82) is 0 Å². The van der Waals surface area contributed by atoms with E-state index in [1.165, 1.54) is 24.3 Å². The summed E-state index contributed by atoms with van der Waals surface area (Å²) in [5, 5.41) is 21.3. The number of hydrogen-bond acceptors (Lipinski definition) is 2. The molecule has 43 heavy (non-hydrogen) atoms. The zero-order valence-electron chi connectivity index (χ0n) is 23.2. The summed E-state index contributed by atoms with van der Waals surface area (Å²) in [6.45, 7) is 6.49. The lowest BCUT2D eigenvalue weighted by Crippen LogP contribution is -2.42. The Labute approximate surface area is 291 Å². The van der Waals surface area contributed by atoms with E-state index in [1.54, 1.807) is 24.3 Å². The predicted octanol–water partition coefficient (Wildman–Crippen LogP) is 13.8. The number of phenols is 2. The van der Waals surface area contributed by atoms with Crippen LogP contribution in [0.15, 0.2) is 48.5 Å². The summed E-state index contributed by atoms with van der Waals surface area (Å²) >= 11 is 56.8. The number of phenolic OH excluding ortho intramolecular Hbond substituents is 2. The predicted molar refractivity (Wildman–Crippen MR) is 185 cm³/mol. The molecule has 0 spiro atoms. The molecule has 1 unspecified atom stereocenters. The molecule has 0 saturated heterocycles. The van der Waals surface area contributed by atoms with Crippen molar-refractivity contribution < 1.29 is 10.2 Å². The van der Waals surface area contributed by atoms with Crippen LogP contribution in [0.25, 0.3) is 22.3 Å². The molecule has 0 bridgehead atoms. The Hall–Kier alpha value is -1.20. The van der Waals surface area contributed by atoms with E-state index in [9.17, 15) is 10.2 Å². The van der Waals surface area contributed by atoms with E-state index >= 15 is 0 Å². The van der Waals surface area contributed by atoms with E-state index in [1.807, 2.05) is 0 Å². The van der Waals surface area contributed by atoms with E-state index < -0.39 is 5.41 Å². The molecule has 1 atom stereocenters. The first-order valence-electron chi connectivity index (χ1n) is 13.4. The molecule has 0 radical (unpaired) electrons. The highest BCUT2D eigenvalue weighted by Gasteiger charge is 2.51. The quantitative estimate of drug-likeness (QED) is 0.205. The number of rotatable bonds is 4. The Bertz CT molecular complexity index is 1560. The first-order valence-corrected chi connectivity index (χ1v) is 16.4. The van der Waals surface area contributed by atoms with Crippen LogP contribution in [-0.4, -0.2) is 10.2 Å². The Morgan fingerprint density at radius 2 is 0.860 bits per heavy atom. The first-order chi connectivity index (χ1) is 20.1. The van der Waals surface area contributed by atoms with Crippen molar-refractivity contribution >= 4 is 92.8 Å². The minimum atomic E-state index is -0.981. The fourth-order valence-electron chi connectivity index (χ4n) is 6.94. The van der Waals surface area contributed by atoms with Crippen molar-refractivity contribution in [2.75, 3.05) is 0 Å². The molecule has 226 valence electrons. The van der Waals surface area contributed by atoms with Gasteiger partial charge in [0.05, 0.1) is 40.2 Å². The van der Waals surface area contributed by atoms with Gasteiger partial charge in [-0.25, -0.2) is 0 Å². The Morgan fingerprint density at radius 1 is 0.535 bits per heavy atom. The number of halogens is 8. The molecule has 0 aromatic heterocycles. The number of hydrogen-bond donors (Lipinski definition) is 2. The van der Waals surface area contributed by atoms with E-state index in [4.69, 9.17) is 92.8 Å². The lowest BCUT2D eigenvalue weighted by Gasteiger charge is -2.50. The largest absolute Gasteiger partial charge is 0.508 e. The molecule has 4 aromatic rings. The van der Waals surface area contributed by atoms with E-state index in [2.05, 4.69) is 20.8 Å². The monoisotopic (exact) mass is 734 g/mol. The van der Waals surface area contributed by atoms with Gasteiger partial charge in [0.15, 0.2) is 0 Å². The van der Waals surface area contributed by atoms with Gasteiger partial charge in [0.25, 0.3) is 0 Å². The second kappa shape index (κ2) is 12.2. The van der Waals surface area contributed by atoms with Crippen LogP contribution in [0.4, 0.5) is 0 Å². The van der Waals surface area contributed by atoms with Crippen LogP contribution in [0.3, 0.4) is 0 Å². The van der Waals surface area contributed by atoms with Crippen LogP contribution >= 0.6 is 92.8 Å². The molecule has 10 heteroatoms. The minimum absolute atomic E-state index is 0.0935. The van der Waals surface area contributed by atoms with Crippen molar-refractivity contribution in [1.82, 2.24) is 0 Å². The van der Waals surface area contributed by atoms with Crippen LogP contribution < -0.4 is 0 Å². The average molecular weight is 738 g/mol. The van der Waals surface area contributed by atoms with Crippen LogP contribution in [0, 0.1) is 11.3 Å². The summed E-state index contributed by atoms with van der Waals surface area (Å²) in [4.78, 5) is 0. The highest BCUT2D eigenvalue weighted by Crippen LogP contribution is 2.63. The Kier molecular flexibility index (Phi) is 9.41. The second-order valence-electron chi connectivity index (χ2n) is 12.0. The van der Waals surface area contributed by atoms with Gasteiger partial charge in [0.1, 0.15) is 11.5 Å². The van der Waals surface area contributed by atoms with Gasteiger partial charge >= 0.3 is 0 Å².